The molecule has 0 spiro atoms. The Bertz CT molecular complexity index is 541. The van der Waals surface area contributed by atoms with Gasteiger partial charge in [0.25, 0.3) is 10.0 Å². The van der Waals surface area contributed by atoms with Gasteiger partial charge in [0.05, 0.1) is 6.20 Å². The van der Waals surface area contributed by atoms with Crippen LogP contribution in [0.4, 0.5) is 0 Å². The molecular formula is C12H22N4O2S2. The summed E-state index contributed by atoms with van der Waals surface area (Å²) in [6, 6.07) is 0.318. The quantitative estimate of drug-likeness (QED) is 0.848. The van der Waals surface area contributed by atoms with Crippen molar-refractivity contribution < 1.29 is 8.42 Å². The largest absolute Gasteiger partial charge is 0.310 e. The van der Waals surface area contributed by atoms with E-state index in [4.69, 9.17) is 0 Å². The molecule has 0 saturated carbocycles. The number of thioether (sulfide) groups is 1. The molecule has 1 aliphatic rings. The molecule has 8 heteroatoms. The predicted molar refractivity (Wildman–Crippen MR) is 81.2 cm³/mol. The molecule has 0 aliphatic carbocycles. The molecule has 1 atom stereocenters. The zero-order valence-corrected chi connectivity index (χ0v) is 13.7. The molecule has 0 aromatic carbocycles. The Morgan fingerprint density at radius 3 is 3.00 bits per heavy atom. The first-order valence-corrected chi connectivity index (χ1v) is 9.37. The van der Waals surface area contributed by atoms with Crippen LogP contribution in [0.2, 0.25) is 0 Å². The summed E-state index contributed by atoms with van der Waals surface area (Å²) in [5, 5.41) is 10.0. The number of aromatic amines is 1. The second-order valence-electron chi connectivity index (χ2n) is 5.30. The Morgan fingerprint density at radius 1 is 1.60 bits per heavy atom. The molecule has 1 saturated heterocycles. The molecular weight excluding hydrogens is 296 g/mol. The van der Waals surface area contributed by atoms with Crippen molar-refractivity contribution in [3.63, 3.8) is 0 Å². The molecule has 1 aromatic rings. The van der Waals surface area contributed by atoms with Gasteiger partial charge in [-0.05, 0) is 6.92 Å². The minimum absolute atomic E-state index is 0.0213. The van der Waals surface area contributed by atoms with Gasteiger partial charge in [0.1, 0.15) is 0 Å². The van der Waals surface area contributed by atoms with E-state index < -0.39 is 10.0 Å². The van der Waals surface area contributed by atoms with Crippen LogP contribution >= 0.6 is 11.8 Å². The summed E-state index contributed by atoms with van der Waals surface area (Å²) in [5.74, 6) is 1.68. The zero-order chi connectivity index (χ0) is 14.8. The van der Waals surface area contributed by atoms with Crippen molar-refractivity contribution in [1.82, 2.24) is 19.8 Å². The topological polar surface area (TPSA) is 78.1 Å². The molecule has 20 heavy (non-hydrogen) atoms. The SMILES string of the molecule is CC(C)NCc1cn[nH]c1S(=O)(=O)N1CCSCC1C. The molecule has 0 radical (unpaired) electrons. The number of aromatic nitrogens is 2. The van der Waals surface area contributed by atoms with Gasteiger partial charge in [0.15, 0.2) is 5.03 Å². The average Bonchev–Trinajstić information content (AvgIpc) is 2.85. The highest BCUT2D eigenvalue weighted by atomic mass is 32.2. The lowest BCUT2D eigenvalue weighted by molar-refractivity contribution is 0.365. The third-order valence-corrected chi connectivity index (χ3v) is 6.47. The molecule has 0 amide bonds. The number of nitrogens with one attached hydrogen (secondary N) is 2. The van der Waals surface area contributed by atoms with Gasteiger partial charge in [-0.15, -0.1) is 0 Å². The summed E-state index contributed by atoms with van der Waals surface area (Å²) in [6.07, 6.45) is 1.59. The second-order valence-corrected chi connectivity index (χ2v) is 8.28. The Labute approximate surface area is 124 Å². The molecule has 6 nitrogen and oxygen atoms in total. The minimum Gasteiger partial charge on any atom is -0.310 e. The fraction of sp³-hybridized carbons (Fsp3) is 0.750. The molecule has 1 fully saturated rings. The lowest BCUT2D eigenvalue weighted by atomic mass is 10.3. The lowest BCUT2D eigenvalue weighted by Crippen LogP contribution is -2.44. The van der Waals surface area contributed by atoms with E-state index >= 15 is 0 Å². The summed E-state index contributed by atoms with van der Waals surface area (Å²) in [5.41, 5.74) is 0.698. The Balaban J connectivity index is 2.23. The van der Waals surface area contributed by atoms with Crippen LogP contribution in [0.5, 0.6) is 0 Å². The monoisotopic (exact) mass is 318 g/mol. The number of sulfonamides is 1. The fourth-order valence-electron chi connectivity index (χ4n) is 2.15. The van der Waals surface area contributed by atoms with E-state index in [1.165, 1.54) is 0 Å². The van der Waals surface area contributed by atoms with E-state index in [2.05, 4.69) is 15.5 Å². The van der Waals surface area contributed by atoms with Crippen molar-refractivity contribution >= 4 is 21.8 Å². The van der Waals surface area contributed by atoms with Gasteiger partial charge in [-0.3, -0.25) is 5.10 Å². The van der Waals surface area contributed by atoms with Crippen molar-refractivity contribution in [1.29, 1.82) is 0 Å². The minimum atomic E-state index is -3.48. The van der Waals surface area contributed by atoms with E-state index in [-0.39, 0.29) is 11.1 Å². The smallest absolute Gasteiger partial charge is 0.260 e. The zero-order valence-electron chi connectivity index (χ0n) is 12.1. The first-order chi connectivity index (χ1) is 9.43. The number of rotatable bonds is 5. The van der Waals surface area contributed by atoms with E-state index in [1.54, 1.807) is 22.3 Å². The first kappa shape index (κ1) is 15.8. The third kappa shape index (κ3) is 3.36. The molecule has 2 rings (SSSR count). The first-order valence-electron chi connectivity index (χ1n) is 6.78. The highest BCUT2D eigenvalue weighted by molar-refractivity contribution is 7.99. The summed E-state index contributed by atoms with van der Waals surface area (Å²) >= 11 is 1.79. The van der Waals surface area contributed by atoms with Crippen molar-refractivity contribution in [2.24, 2.45) is 0 Å². The van der Waals surface area contributed by atoms with Gasteiger partial charge < -0.3 is 5.32 Å². The maximum Gasteiger partial charge on any atom is 0.260 e. The van der Waals surface area contributed by atoms with E-state index in [0.29, 0.717) is 24.7 Å². The summed E-state index contributed by atoms with van der Waals surface area (Å²) < 4.78 is 27.1. The maximum absolute atomic E-state index is 12.7. The van der Waals surface area contributed by atoms with Gasteiger partial charge in [-0.25, -0.2) is 8.42 Å². The fourth-order valence-corrected chi connectivity index (χ4v) is 5.11. The number of H-pyrrole nitrogens is 1. The van der Waals surface area contributed by atoms with Crippen LogP contribution in [0.25, 0.3) is 0 Å². The highest BCUT2D eigenvalue weighted by Crippen LogP contribution is 2.25. The van der Waals surface area contributed by atoms with Gasteiger partial charge in [0, 0.05) is 42.2 Å². The second kappa shape index (κ2) is 6.46. The standard InChI is InChI=1S/C12H22N4O2S2/c1-9(2)13-6-11-7-14-15-12(11)20(17,18)16-4-5-19-8-10(16)3/h7,9-10,13H,4-6,8H2,1-3H3,(H,14,15). The van der Waals surface area contributed by atoms with E-state index in [0.717, 1.165) is 11.5 Å². The van der Waals surface area contributed by atoms with Crippen LogP contribution in [0.3, 0.4) is 0 Å². The molecule has 1 unspecified atom stereocenters. The molecule has 1 aliphatic heterocycles. The number of nitrogens with zero attached hydrogens (tertiary/aromatic N) is 2. The Kier molecular flexibility index (Phi) is 5.11. The van der Waals surface area contributed by atoms with Crippen molar-refractivity contribution in [2.75, 3.05) is 18.1 Å². The molecule has 0 bridgehead atoms. The van der Waals surface area contributed by atoms with Crippen LogP contribution in [-0.2, 0) is 16.6 Å². The molecule has 2 heterocycles. The maximum atomic E-state index is 12.7. The van der Waals surface area contributed by atoms with Gasteiger partial charge in [-0.2, -0.15) is 21.2 Å². The van der Waals surface area contributed by atoms with Crippen LogP contribution in [-0.4, -0.2) is 53.1 Å². The Morgan fingerprint density at radius 2 is 2.35 bits per heavy atom. The van der Waals surface area contributed by atoms with Crippen LogP contribution in [0, 0.1) is 0 Å². The van der Waals surface area contributed by atoms with Crippen LogP contribution in [0.15, 0.2) is 11.2 Å². The van der Waals surface area contributed by atoms with Gasteiger partial charge >= 0.3 is 0 Å². The lowest BCUT2D eigenvalue weighted by Gasteiger charge is -2.31. The third-order valence-electron chi connectivity index (χ3n) is 3.25. The number of hydrogen-bond acceptors (Lipinski definition) is 5. The van der Waals surface area contributed by atoms with Crippen LogP contribution in [0.1, 0.15) is 26.3 Å². The molecule has 2 N–H and O–H groups in total. The Hall–Kier alpha value is -0.570. The van der Waals surface area contributed by atoms with Crippen molar-refractivity contribution in [3.05, 3.63) is 11.8 Å². The normalized spacial score (nSPS) is 21.5. The van der Waals surface area contributed by atoms with Gasteiger partial charge in [-0.1, -0.05) is 13.8 Å². The number of hydrogen-bond donors (Lipinski definition) is 2. The molecule has 114 valence electrons. The van der Waals surface area contributed by atoms with Gasteiger partial charge in [0.2, 0.25) is 0 Å². The summed E-state index contributed by atoms with van der Waals surface area (Å²) in [6.45, 7) is 7.06. The van der Waals surface area contributed by atoms with Crippen LogP contribution < -0.4 is 5.32 Å². The van der Waals surface area contributed by atoms with E-state index in [9.17, 15) is 8.42 Å². The summed E-state index contributed by atoms with van der Waals surface area (Å²) in [4.78, 5) is 0. The average molecular weight is 318 g/mol. The van der Waals surface area contributed by atoms with Crippen molar-refractivity contribution in [2.45, 2.75) is 44.4 Å². The van der Waals surface area contributed by atoms with Crippen molar-refractivity contribution in [3.8, 4) is 0 Å². The predicted octanol–water partition coefficient (Wildman–Crippen LogP) is 1.03. The highest BCUT2D eigenvalue weighted by Gasteiger charge is 2.33. The summed E-state index contributed by atoms with van der Waals surface area (Å²) in [7, 11) is -3.48. The van der Waals surface area contributed by atoms with E-state index in [1.807, 2.05) is 20.8 Å². The molecule has 1 aromatic heterocycles.